The third-order valence-electron chi connectivity index (χ3n) is 4.89. The van der Waals surface area contributed by atoms with Crippen LogP contribution in [0.4, 0.5) is 0 Å². The second-order valence-corrected chi connectivity index (χ2v) is 9.38. The van der Waals surface area contributed by atoms with Gasteiger partial charge in [0.15, 0.2) is 0 Å². The number of nitrogens with zero attached hydrogens (tertiary/aromatic N) is 1. The molecular formula is C28H28ClNO3. The van der Waals surface area contributed by atoms with E-state index in [1.165, 1.54) is 0 Å². The summed E-state index contributed by atoms with van der Waals surface area (Å²) in [5, 5.41) is 20.7. The molecule has 3 aromatic carbocycles. The fourth-order valence-corrected chi connectivity index (χ4v) is 3.73. The summed E-state index contributed by atoms with van der Waals surface area (Å²) in [6, 6.07) is 21.6. The molecule has 1 heterocycles. The van der Waals surface area contributed by atoms with Crippen LogP contribution < -0.4 is 0 Å². The minimum atomic E-state index is -0.845. The lowest BCUT2D eigenvalue weighted by Crippen LogP contribution is -2.10. The second-order valence-electron chi connectivity index (χ2n) is 8.95. The summed E-state index contributed by atoms with van der Waals surface area (Å²) in [6.07, 6.45) is 1.75. The molecule has 0 atom stereocenters. The third-order valence-corrected chi connectivity index (χ3v) is 5.14. The van der Waals surface area contributed by atoms with Crippen LogP contribution >= 0.6 is 11.6 Å². The maximum Gasteiger partial charge on any atom is 0.307 e. The number of carboxylic acids is 1. The van der Waals surface area contributed by atoms with E-state index >= 15 is 0 Å². The molecule has 4 rings (SSSR count). The van der Waals surface area contributed by atoms with Crippen molar-refractivity contribution in [2.75, 3.05) is 0 Å². The maximum absolute atomic E-state index is 11.5. The van der Waals surface area contributed by atoms with Crippen molar-refractivity contribution >= 4 is 28.3 Å². The molecule has 33 heavy (non-hydrogen) atoms. The van der Waals surface area contributed by atoms with Crippen molar-refractivity contribution in [3.05, 3.63) is 89.1 Å². The number of fused-ring (bicyclic) bond motifs is 1. The van der Waals surface area contributed by atoms with Gasteiger partial charge in [-0.25, -0.2) is 0 Å². The summed E-state index contributed by atoms with van der Waals surface area (Å²) in [4.78, 5) is 15.9. The lowest BCUT2D eigenvalue weighted by Gasteiger charge is -2.16. The van der Waals surface area contributed by atoms with Crippen molar-refractivity contribution in [2.45, 2.75) is 39.7 Å². The monoisotopic (exact) mass is 461 g/mol. The number of halogens is 1. The highest BCUT2D eigenvalue weighted by molar-refractivity contribution is 6.30. The lowest BCUT2D eigenvalue weighted by atomic mass is 9.88. The zero-order valence-corrected chi connectivity index (χ0v) is 20.0. The van der Waals surface area contributed by atoms with Crippen molar-refractivity contribution in [3.8, 4) is 22.4 Å². The SMILES string of the molecule is CC(C)(C)O.Cc1cc2cc(-c3ccccn3)ccc2c(-c2ccc(Cl)cc2)c1CC(=O)O. The van der Waals surface area contributed by atoms with Crippen LogP contribution in [0.5, 0.6) is 0 Å². The largest absolute Gasteiger partial charge is 0.481 e. The number of hydrogen-bond acceptors (Lipinski definition) is 3. The molecule has 170 valence electrons. The van der Waals surface area contributed by atoms with Gasteiger partial charge in [-0.15, -0.1) is 0 Å². The average Bonchev–Trinajstić information content (AvgIpc) is 2.74. The number of rotatable bonds is 4. The molecule has 0 amide bonds. The number of carbonyl (C=O) groups is 1. The topological polar surface area (TPSA) is 70.4 Å². The van der Waals surface area contributed by atoms with Crippen LogP contribution in [-0.4, -0.2) is 26.8 Å². The van der Waals surface area contributed by atoms with E-state index in [0.29, 0.717) is 5.02 Å². The first-order valence-corrected chi connectivity index (χ1v) is 11.1. The minimum absolute atomic E-state index is 0.0261. The summed E-state index contributed by atoms with van der Waals surface area (Å²) >= 11 is 6.06. The fourth-order valence-electron chi connectivity index (χ4n) is 3.61. The summed E-state index contributed by atoms with van der Waals surface area (Å²) in [7, 11) is 0. The van der Waals surface area contributed by atoms with Gasteiger partial charge in [0.25, 0.3) is 0 Å². The Morgan fingerprint density at radius 3 is 2.18 bits per heavy atom. The first kappa shape index (κ1) is 24.4. The molecule has 0 saturated heterocycles. The first-order chi connectivity index (χ1) is 15.5. The third kappa shape index (κ3) is 6.64. The highest BCUT2D eigenvalue weighted by Crippen LogP contribution is 2.37. The van der Waals surface area contributed by atoms with E-state index in [9.17, 15) is 9.90 Å². The summed E-state index contributed by atoms with van der Waals surface area (Å²) in [5.41, 5.74) is 5.12. The molecule has 0 radical (unpaired) electrons. The minimum Gasteiger partial charge on any atom is -0.481 e. The van der Waals surface area contributed by atoms with Crippen LogP contribution in [-0.2, 0) is 11.2 Å². The quantitative estimate of drug-likeness (QED) is 0.345. The number of aromatic nitrogens is 1. The molecule has 0 aliphatic carbocycles. The zero-order valence-electron chi connectivity index (χ0n) is 19.3. The molecule has 0 saturated carbocycles. The standard InChI is InChI=1S/C24H18ClNO2.C4H10O/c1-15-12-18-13-17(22-4-2-3-11-26-22)7-10-20(18)24(21(15)14-23(27)28)16-5-8-19(25)9-6-16;1-4(2,3)5/h2-13H,14H2,1H3,(H,27,28);5H,1-3H3. The molecule has 4 nitrogen and oxygen atoms in total. The van der Waals surface area contributed by atoms with Gasteiger partial charge in [-0.3, -0.25) is 9.78 Å². The molecule has 0 bridgehead atoms. The van der Waals surface area contributed by atoms with Gasteiger partial charge in [-0.2, -0.15) is 0 Å². The highest BCUT2D eigenvalue weighted by atomic mass is 35.5. The van der Waals surface area contributed by atoms with Gasteiger partial charge in [0, 0.05) is 16.8 Å². The van der Waals surface area contributed by atoms with Crippen LogP contribution in [0.25, 0.3) is 33.2 Å². The number of carboxylic acid groups (broad SMARTS) is 1. The molecular weight excluding hydrogens is 434 g/mol. The number of aliphatic carboxylic acids is 1. The Morgan fingerprint density at radius 1 is 0.970 bits per heavy atom. The predicted octanol–water partition coefficient (Wildman–Crippen LogP) is 6.93. The van der Waals surface area contributed by atoms with Crippen LogP contribution in [0.2, 0.25) is 5.02 Å². The molecule has 0 aliphatic heterocycles. The van der Waals surface area contributed by atoms with Crippen molar-refractivity contribution in [3.63, 3.8) is 0 Å². The van der Waals surface area contributed by atoms with Crippen LogP contribution in [0.15, 0.2) is 72.9 Å². The Bertz CT molecular complexity index is 1250. The Balaban J connectivity index is 0.000000555. The van der Waals surface area contributed by atoms with E-state index < -0.39 is 11.6 Å². The van der Waals surface area contributed by atoms with Gasteiger partial charge in [-0.05, 0) is 91.1 Å². The number of benzene rings is 3. The number of aryl methyl sites for hydroxylation is 1. The van der Waals surface area contributed by atoms with Gasteiger partial charge >= 0.3 is 5.97 Å². The number of pyridine rings is 1. The normalized spacial score (nSPS) is 11.1. The second kappa shape index (κ2) is 10.2. The molecule has 0 spiro atoms. The van der Waals surface area contributed by atoms with Gasteiger partial charge in [0.05, 0.1) is 17.7 Å². The van der Waals surface area contributed by atoms with Gasteiger partial charge in [-0.1, -0.05) is 48.0 Å². The number of hydrogen-bond donors (Lipinski definition) is 2. The Morgan fingerprint density at radius 2 is 1.61 bits per heavy atom. The molecule has 2 N–H and O–H groups in total. The molecule has 5 heteroatoms. The van der Waals surface area contributed by atoms with Crippen molar-refractivity contribution in [1.82, 2.24) is 4.98 Å². The van der Waals surface area contributed by atoms with E-state index in [1.54, 1.807) is 27.0 Å². The van der Waals surface area contributed by atoms with Crippen molar-refractivity contribution in [1.29, 1.82) is 0 Å². The van der Waals surface area contributed by atoms with E-state index in [2.05, 4.69) is 17.1 Å². The van der Waals surface area contributed by atoms with Crippen molar-refractivity contribution < 1.29 is 15.0 Å². The predicted molar refractivity (Wildman–Crippen MR) is 136 cm³/mol. The first-order valence-electron chi connectivity index (χ1n) is 10.7. The molecule has 0 aliphatic rings. The molecule has 0 fully saturated rings. The summed E-state index contributed by atoms with van der Waals surface area (Å²) in [6.45, 7) is 7.19. The van der Waals surface area contributed by atoms with Crippen LogP contribution in [0.3, 0.4) is 0 Å². The van der Waals surface area contributed by atoms with E-state index in [1.807, 2.05) is 61.5 Å². The summed E-state index contributed by atoms with van der Waals surface area (Å²) in [5.74, 6) is -0.845. The molecule has 4 aromatic rings. The summed E-state index contributed by atoms with van der Waals surface area (Å²) < 4.78 is 0. The molecule has 0 unspecified atom stereocenters. The van der Waals surface area contributed by atoms with E-state index in [4.69, 9.17) is 16.7 Å². The number of aliphatic hydroxyl groups is 1. The van der Waals surface area contributed by atoms with E-state index in [0.717, 1.165) is 44.3 Å². The van der Waals surface area contributed by atoms with Gasteiger partial charge in [0.1, 0.15) is 0 Å². The zero-order chi connectivity index (χ0) is 24.2. The fraction of sp³-hybridized carbons (Fsp3) is 0.214. The van der Waals surface area contributed by atoms with Crippen LogP contribution in [0, 0.1) is 6.92 Å². The van der Waals surface area contributed by atoms with Crippen LogP contribution in [0.1, 0.15) is 31.9 Å². The lowest BCUT2D eigenvalue weighted by molar-refractivity contribution is -0.136. The van der Waals surface area contributed by atoms with Crippen molar-refractivity contribution in [2.24, 2.45) is 0 Å². The molecule has 1 aromatic heterocycles. The smallest absolute Gasteiger partial charge is 0.307 e. The average molecular weight is 462 g/mol. The Hall–Kier alpha value is -3.21. The van der Waals surface area contributed by atoms with E-state index in [-0.39, 0.29) is 6.42 Å². The maximum atomic E-state index is 11.5. The Kier molecular flexibility index (Phi) is 7.52. The van der Waals surface area contributed by atoms with Gasteiger partial charge < -0.3 is 10.2 Å². The van der Waals surface area contributed by atoms with Gasteiger partial charge in [0.2, 0.25) is 0 Å². The Labute approximate surface area is 199 Å². The highest BCUT2D eigenvalue weighted by Gasteiger charge is 2.16.